The monoisotopic (exact) mass is 386 g/mol. The molecule has 0 aliphatic carbocycles. The van der Waals surface area contributed by atoms with Crippen molar-refractivity contribution in [2.45, 2.75) is 51.2 Å². The number of amides is 1. The number of hydrogen-bond donors (Lipinski definition) is 0. The number of nitrogens with zero attached hydrogens (tertiary/aromatic N) is 2. The predicted octanol–water partition coefficient (Wildman–Crippen LogP) is 2.98. The number of likely N-dealkylation sites (tertiary alicyclic amines) is 2. The molecule has 1 atom stereocenters. The highest BCUT2D eigenvalue weighted by molar-refractivity contribution is 5.95. The minimum absolute atomic E-state index is 0.0246. The number of hydrogen-bond acceptors (Lipinski definition) is 4. The minimum Gasteiger partial charge on any atom is -0.376 e. The van der Waals surface area contributed by atoms with E-state index in [1.807, 2.05) is 23.1 Å². The van der Waals surface area contributed by atoms with Crippen molar-refractivity contribution in [1.82, 2.24) is 9.80 Å². The summed E-state index contributed by atoms with van der Waals surface area (Å²) >= 11 is 0. The Morgan fingerprint density at radius 1 is 1.25 bits per heavy atom. The molecule has 3 aliphatic rings. The number of carbonyl (C=O) groups excluding carboxylic acids is 1. The number of piperidine rings is 1. The fraction of sp³-hybridized carbons (Fsp3) is 0.696. The molecule has 5 heteroatoms. The first-order valence-electron chi connectivity index (χ1n) is 10.7. The minimum atomic E-state index is 0.0246. The summed E-state index contributed by atoms with van der Waals surface area (Å²) in [5.41, 5.74) is 2.31. The second kappa shape index (κ2) is 7.77. The normalized spacial score (nSPS) is 26.4. The van der Waals surface area contributed by atoms with Crippen LogP contribution in [0.1, 0.15) is 49.0 Å². The van der Waals surface area contributed by atoms with Crippen molar-refractivity contribution in [2.24, 2.45) is 5.41 Å². The summed E-state index contributed by atoms with van der Waals surface area (Å²) in [4.78, 5) is 17.5. The van der Waals surface area contributed by atoms with Crippen molar-refractivity contribution in [3.63, 3.8) is 0 Å². The predicted molar refractivity (Wildman–Crippen MR) is 110 cm³/mol. The van der Waals surface area contributed by atoms with Gasteiger partial charge in [0.05, 0.1) is 18.3 Å². The molecule has 0 radical (unpaired) electrons. The molecule has 0 aromatic heterocycles. The average molecular weight is 387 g/mol. The smallest absolute Gasteiger partial charge is 0.254 e. The van der Waals surface area contributed by atoms with Gasteiger partial charge in [-0.2, -0.15) is 0 Å². The fourth-order valence-corrected chi connectivity index (χ4v) is 5.20. The summed E-state index contributed by atoms with van der Waals surface area (Å²) in [7, 11) is 1.80. The number of rotatable bonds is 5. The van der Waals surface area contributed by atoms with Gasteiger partial charge in [-0.05, 0) is 49.7 Å². The topological polar surface area (TPSA) is 42.0 Å². The molecule has 3 aliphatic heterocycles. The highest BCUT2D eigenvalue weighted by Gasteiger charge is 2.46. The van der Waals surface area contributed by atoms with Gasteiger partial charge in [-0.3, -0.25) is 9.69 Å². The van der Waals surface area contributed by atoms with Crippen molar-refractivity contribution >= 4 is 5.91 Å². The Hall–Kier alpha value is -1.43. The molecule has 154 valence electrons. The second-order valence-electron chi connectivity index (χ2n) is 9.26. The Balaban J connectivity index is 1.29. The van der Waals surface area contributed by atoms with Crippen molar-refractivity contribution in [3.05, 3.63) is 35.4 Å². The molecular weight excluding hydrogens is 352 g/mol. The zero-order chi connectivity index (χ0) is 19.8. The van der Waals surface area contributed by atoms with Crippen LogP contribution in [0.3, 0.4) is 0 Å². The Morgan fingerprint density at radius 2 is 1.96 bits per heavy atom. The molecule has 0 N–H and O–H groups in total. The van der Waals surface area contributed by atoms with Crippen LogP contribution in [-0.4, -0.2) is 73.9 Å². The van der Waals surface area contributed by atoms with Gasteiger partial charge in [-0.15, -0.1) is 0 Å². The molecule has 4 rings (SSSR count). The largest absolute Gasteiger partial charge is 0.376 e. The van der Waals surface area contributed by atoms with Crippen LogP contribution in [0.25, 0.3) is 0 Å². The third-order valence-electron chi connectivity index (χ3n) is 7.10. The van der Waals surface area contributed by atoms with Crippen LogP contribution >= 0.6 is 0 Å². The first-order valence-corrected chi connectivity index (χ1v) is 10.7. The van der Waals surface area contributed by atoms with E-state index in [2.05, 4.69) is 24.8 Å². The van der Waals surface area contributed by atoms with E-state index in [0.29, 0.717) is 6.10 Å². The van der Waals surface area contributed by atoms with E-state index >= 15 is 0 Å². The molecule has 1 unspecified atom stereocenters. The molecular formula is C23H34N2O3. The standard InChI is InChI=1S/C23H34N2O3/c1-4-18-7-5-6-8-20(18)21(26)25-11-9-23(10-12-25)13-19(28-17-23)14-24-15-22(2,16-24)27-3/h5-8,19H,4,9-17H2,1-3H3. The van der Waals surface area contributed by atoms with E-state index < -0.39 is 0 Å². The lowest BCUT2D eigenvalue weighted by Crippen LogP contribution is -2.62. The van der Waals surface area contributed by atoms with Crippen LogP contribution in [0.2, 0.25) is 0 Å². The third-order valence-corrected chi connectivity index (χ3v) is 7.10. The number of carbonyl (C=O) groups is 1. The van der Waals surface area contributed by atoms with Crippen LogP contribution in [0, 0.1) is 5.41 Å². The number of benzene rings is 1. The van der Waals surface area contributed by atoms with Gasteiger partial charge in [0.2, 0.25) is 0 Å². The molecule has 1 amide bonds. The van der Waals surface area contributed by atoms with Gasteiger partial charge in [-0.25, -0.2) is 0 Å². The van der Waals surface area contributed by atoms with Gasteiger partial charge >= 0.3 is 0 Å². The van der Waals surface area contributed by atoms with Crippen molar-refractivity contribution in [2.75, 3.05) is 46.4 Å². The number of aryl methyl sites for hydroxylation is 1. The Morgan fingerprint density at radius 3 is 2.64 bits per heavy atom. The fourth-order valence-electron chi connectivity index (χ4n) is 5.20. The molecule has 3 saturated heterocycles. The van der Waals surface area contributed by atoms with E-state index in [1.165, 1.54) is 0 Å². The zero-order valence-electron chi connectivity index (χ0n) is 17.6. The maximum atomic E-state index is 13.0. The van der Waals surface area contributed by atoms with E-state index in [-0.39, 0.29) is 16.9 Å². The zero-order valence-corrected chi connectivity index (χ0v) is 17.6. The molecule has 0 bridgehead atoms. The van der Waals surface area contributed by atoms with Gasteiger partial charge in [0, 0.05) is 45.4 Å². The van der Waals surface area contributed by atoms with Gasteiger partial charge in [-0.1, -0.05) is 25.1 Å². The van der Waals surface area contributed by atoms with Crippen LogP contribution in [0.15, 0.2) is 24.3 Å². The molecule has 3 fully saturated rings. The van der Waals surface area contributed by atoms with Crippen LogP contribution in [0.5, 0.6) is 0 Å². The SMILES string of the molecule is CCc1ccccc1C(=O)N1CCC2(CC1)COC(CN1CC(C)(OC)C1)C2. The van der Waals surface area contributed by atoms with E-state index in [4.69, 9.17) is 9.47 Å². The molecule has 28 heavy (non-hydrogen) atoms. The molecule has 5 nitrogen and oxygen atoms in total. The average Bonchev–Trinajstić information content (AvgIpc) is 3.08. The summed E-state index contributed by atoms with van der Waals surface area (Å²) in [5, 5.41) is 0. The first kappa shape index (κ1) is 19.9. The lowest BCUT2D eigenvalue weighted by atomic mass is 9.76. The molecule has 3 heterocycles. The first-order chi connectivity index (χ1) is 13.5. The van der Waals surface area contributed by atoms with Crippen molar-refractivity contribution < 1.29 is 14.3 Å². The highest BCUT2D eigenvalue weighted by atomic mass is 16.5. The van der Waals surface area contributed by atoms with Gasteiger partial charge in [0.25, 0.3) is 5.91 Å². The van der Waals surface area contributed by atoms with Gasteiger partial charge in [0.1, 0.15) is 0 Å². The molecule has 1 aromatic carbocycles. The molecule has 0 saturated carbocycles. The lowest BCUT2D eigenvalue weighted by Gasteiger charge is -2.47. The Bertz CT molecular complexity index is 706. The summed E-state index contributed by atoms with van der Waals surface area (Å²) < 4.78 is 11.7. The van der Waals surface area contributed by atoms with Crippen LogP contribution < -0.4 is 0 Å². The van der Waals surface area contributed by atoms with E-state index in [9.17, 15) is 4.79 Å². The number of ether oxygens (including phenoxy) is 2. The Labute approximate surface area is 169 Å². The van der Waals surface area contributed by atoms with Crippen LogP contribution in [0.4, 0.5) is 0 Å². The third kappa shape index (κ3) is 3.85. The highest BCUT2D eigenvalue weighted by Crippen LogP contribution is 2.43. The lowest BCUT2D eigenvalue weighted by molar-refractivity contribution is -0.120. The number of methoxy groups -OCH3 is 1. The maximum Gasteiger partial charge on any atom is 0.254 e. The summed E-state index contributed by atoms with van der Waals surface area (Å²) in [6, 6.07) is 8.03. The Kier molecular flexibility index (Phi) is 5.51. The van der Waals surface area contributed by atoms with Crippen LogP contribution in [-0.2, 0) is 15.9 Å². The van der Waals surface area contributed by atoms with E-state index in [0.717, 1.165) is 76.1 Å². The van der Waals surface area contributed by atoms with Gasteiger partial charge in [0.15, 0.2) is 0 Å². The van der Waals surface area contributed by atoms with Gasteiger partial charge < -0.3 is 14.4 Å². The van der Waals surface area contributed by atoms with E-state index in [1.54, 1.807) is 7.11 Å². The maximum absolute atomic E-state index is 13.0. The summed E-state index contributed by atoms with van der Waals surface area (Å²) in [6.07, 6.45) is 4.46. The summed E-state index contributed by atoms with van der Waals surface area (Å²) in [6.45, 7) is 9.82. The summed E-state index contributed by atoms with van der Waals surface area (Å²) in [5.74, 6) is 0.196. The van der Waals surface area contributed by atoms with Crippen molar-refractivity contribution in [3.8, 4) is 0 Å². The molecule has 1 aromatic rings. The van der Waals surface area contributed by atoms with Crippen molar-refractivity contribution in [1.29, 1.82) is 0 Å². The molecule has 1 spiro atoms. The quantitative estimate of drug-likeness (QED) is 0.780. The second-order valence-corrected chi connectivity index (χ2v) is 9.26.